The Morgan fingerprint density at radius 1 is 1.37 bits per heavy atom. The predicted octanol–water partition coefficient (Wildman–Crippen LogP) is 1.54. The quantitative estimate of drug-likeness (QED) is 0.705. The Hall–Kier alpha value is -2.63. The molecule has 2 heterocycles. The van der Waals surface area contributed by atoms with Crippen molar-refractivity contribution in [3.8, 4) is 0 Å². The van der Waals surface area contributed by atoms with Gasteiger partial charge in [0.25, 0.3) is 0 Å². The van der Waals surface area contributed by atoms with Crippen molar-refractivity contribution in [1.29, 1.82) is 0 Å². The Morgan fingerprint density at radius 2 is 2.21 bits per heavy atom. The zero-order valence-electron chi connectivity index (χ0n) is 10.8. The van der Waals surface area contributed by atoms with E-state index < -0.39 is 0 Å². The summed E-state index contributed by atoms with van der Waals surface area (Å²) in [6.45, 7) is 1.88. The van der Waals surface area contributed by atoms with Crippen LogP contribution in [0, 0.1) is 6.92 Å². The monoisotopic (exact) mass is 254 g/mol. The van der Waals surface area contributed by atoms with Gasteiger partial charge in [0.05, 0.1) is 35.5 Å². The molecule has 0 unspecified atom stereocenters. The zero-order chi connectivity index (χ0) is 13.4. The number of hydrogen-bond acceptors (Lipinski definition) is 4. The molecule has 0 aliphatic carbocycles. The molecule has 0 amide bonds. The lowest BCUT2D eigenvalue weighted by Gasteiger charge is -1.97. The van der Waals surface area contributed by atoms with Crippen LogP contribution in [0.3, 0.4) is 0 Å². The van der Waals surface area contributed by atoms with Crippen molar-refractivity contribution >= 4 is 23.2 Å². The van der Waals surface area contributed by atoms with Crippen LogP contribution in [0.4, 0.5) is 5.95 Å². The number of aromatic nitrogens is 4. The van der Waals surface area contributed by atoms with Crippen LogP contribution in [0.1, 0.15) is 11.3 Å². The lowest BCUT2D eigenvalue weighted by atomic mass is 10.2. The van der Waals surface area contributed by atoms with E-state index in [-0.39, 0.29) is 0 Å². The van der Waals surface area contributed by atoms with Gasteiger partial charge in [0.15, 0.2) is 0 Å². The van der Waals surface area contributed by atoms with Gasteiger partial charge in [-0.3, -0.25) is 0 Å². The fourth-order valence-corrected chi connectivity index (χ4v) is 1.96. The normalized spacial score (nSPS) is 11.7. The highest BCUT2D eigenvalue weighted by atomic mass is 15.4. The highest BCUT2D eigenvalue weighted by Gasteiger charge is 2.01. The number of benzene rings is 1. The highest BCUT2D eigenvalue weighted by molar-refractivity contribution is 5.87. The first-order valence-electron chi connectivity index (χ1n) is 5.90. The average molecular weight is 254 g/mol. The van der Waals surface area contributed by atoms with E-state index in [2.05, 4.69) is 15.1 Å². The minimum Gasteiger partial charge on any atom is -0.368 e. The third kappa shape index (κ3) is 2.08. The molecule has 2 aromatic heterocycles. The minimum atomic E-state index is 0.382. The van der Waals surface area contributed by atoms with Gasteiger partial charge in [0.1, 0.15) is 0 Å². The average Bonchev–Trinajstić information content (AvgIpc) is 2.90. The molecule has 0 bridgehead atoms. The maximum absolute atomic E-state index is 5.72. The second-order valence-electron chi connectivity index (χ2n) is 4.43. The lowest BCUT2D eigenvalue weighted by Crippen LogP contribution is -1.97. The Bertz CT molecular complexity index is 765. The summed E-state index contributed by atoms with van der Waals surface area (Å²) >= 11 is 0. The maximum Gasteiger partial charge on any atom is 0.221 e. The molecule has 0 radical (unpaired) electrons. The summed E-state index contributed by atoms with van der Waals surface area (Å²) in [5.74, 6) is 0.382. The molecule has 19 heavy (non-hydrogen) atoms. The zero-order valence-corrected chi connectivity index (χ0v) is 10.8. The van der Waals surface area contributed by atoms with Crippen LogP contribution in [0.25, 0.3) is 11.0 Å². The first-order chi connectivity index (χ1) is 9.13. The molecular weight excluding hydrogens is 240 g/mol. The lowest BCUT2D eigenvalue weighted by molar-refractivity contribution is 0.897. The van der Waals surface area contributed by atoms with Crippen LogP contribution >= 0.6 is 0 Å². The third-order valence-corrected chi connectivity index (χ3v) is 2.92. The van der Waals surface area contributed by atoms with Gasteiger partial charge in [-0.25, -0.2) is 14.6 Å². The van der Waals surface area contributed by atoms with E-state index in [1.807, 2.05) is 36.7 Å². The van der Waals surface area contributed by atoms with Gasteiger partial charge in [-0.05, 0) is 24.6 Å². The summed E-state index contributed by atoms with van der Waals surface area (Å²) in [7, 11) is 1.97. The highest BCUT2D eigenvalue weighted by Crippen LogP contribution is 2.13. The number of hydrogen-bond donors (Lipinski definition) is 1. The molecule has 0 saturated heterocycles. The maximum atomic E-state index is 5.72. The van der Waals surface area contributed by atoms with Crippen molar-refractivity contribution < 1.29 is 0 Å². The standard InChI is InChI=1S/C13H14N6/c1-9-7-19(13(14)17-9)16-6-10-3-4-12-11(5-10)15-8-18(12)2/h3-8H,1-2H3,(H2,14,17). The van der Waals surface area contributed by atoms with Crippen molar-refractivity contribution in [2.45, 2.75) is 6.92 Å². The summed E-state index contributed by atoms with van der Waals surface area (Å²) in [5.41, 5.74) is 9.57. The first kappa shape index (κ1) is 11.5. The fourth-order valence-electron chi connectivity index (χ4n) is 1.96. The topological polar surface area (TPSA) is 74.0 Å². The number of aryl methyl sites for hydroxylation is 2. The molecule has 3 aromatic rings. The van der Waals surface area contributed by atoms with Gasteiger partial charge in [-0.1, -0.05) is 6.07 Å². The molecule has 1 aromatic carbocycles. The summed E-state index contributed by atoms with van der Waals surface area (Å²) in [6.07, 6.45) is 5.32. The second kappa shape index (κ2) is 4.24. The van der Waals surface area contributed by atoms with Crippen LogP contribution in [-0.2, 0) is 7.05 Å². The molecule has 2 N–H and O–H groups in total. The summed E-state index contributed by atoms with van der Waals surface area (Å²) in [5, 5.41) is 4.28. The van der Waals surface area contributed by atoms with Crippen molar-refractivity contribution in [1.82, 2.24) is 19.2 Å². The van der Waals surface area contributed by atoms with E-state index in [0.29, 0.717) is 5.95 Å². The SMILES string of the molecule is Cc1cn(N=Cc2ccc3c(c2)ncn3C)c(N)n1. The van der Waals surface area contributed by atoms with Crippen LogP contribution < -0.4 is 5.73 Å². The van der Waals surface area contributed by atoms with Gasteiger partial charge < -0.3 is 10.3 Å². The molecule has 6 nitrogen and oxygen atoms in total. The number of rotatable bonds is 2. The minimum absolute atomic E-state index is 0.382. The van der Waals surface area contributed by atoms with Gasteiger partial charge in [-0.15, -0.1) is 0 Å². The van der Waals surface area contributed by atoms with Gasteiger partial charge in [-0.2, -0.15) is 5.10 Å². The van der Waals surface area contributed by atoms with Crippen molar-refractivity contribution in [2.24, 2.45) is 12.1 Å². The molecule has 0 fully saturated rings. The smallest absolute Gasteiger partial charge is 0.221 e. The van der Waals surface area contributed by atoms with E-state index in [4.69, 9.17) is 5.73 Å². The Kier molecular flexibility index (Phi) is 2.56. The third-order valence-electron chi connectivity index (χ3n) is 2.92. The number of imidazole rings is 2. The summed E-state index contributed by atoms with van der Waals surface area (Å²) < 4.78 is 3.53. The number of nitrogens with two attached hydrogens (primary N) is 1. The van der Waals surface area contributed by atoms with Crippen LogP contribution in [0.2, 0.25) is 0 Å². The Morgan fingerprint density at radius 3 is 2.95 bits per heavy atom. The predicted molar refractivity (Wildman–Crippen MR) is 75.1 cm³/mol. The van der Waals surface area contributed by atoms with Crippen molar-refractivity contribution in [2.75, 3.05) is 5.73 Å². The van der Waals surface area contributed by atoms with Crippen LogP contribution in [0.5, 0.6) is 0 Å². The molecule has 96 valence electrons. The molecule has 3 rings (SSSR count). The van der Waals surface area contributed by atoms with Crippen molar-refractivity contribution in [3.63, 3.8) is 0 Å². The fraction of sp³-hybridized carbons (Fsp3) is 0.154. The van der Waals surface area contributed by atoms with Gasteiger partial charge in [0.2, 0.25) is 5.95 Å². The number of nitrogens with zero attached hydrogens (tertiary/aromatic N) is 5. The second-order valence-corrected chi connectivity index (χ2v) is 4.43. The number of fused-ring (bicyclic) bond motifs is 1. The van der Waals surface area contributed by atoms with E-state index in [1.54, 1.807) is 23.4 Å². The first-order valence-corrected chi connectivity index (χ1v) is 5.90. The van der Waals surface area contributed by atoms with E-state index >= 15 is 0 Å². The molecular formula is C13H14N6. The van der Waals surface area contributed by atoms with Crippen LogP contribution in [0.15, 0.2) is 35.8 Å². The Labute approximate surface area is 110 Å². The molecule has 0 spiro atoms. The van der Waals surface area contributed by atoms with Crippen LogP contribution in [-0.4, -0.2) is 25.4 Å². The van der Waals surface area contributed by atoms with E-state index in [9.17, 15) is 0 Å². The molecule has 6 heteroatoms. The number of nitrogen functional groups attached to an aromatic ring is 1. The summed E-state index contributed by atoms with van der Waals surface area (Å²) in [4.78, 5) is 8.40. The molecule has 0 aliphatic heterocycles. The van der Waals surface area contributed by atoms with Gasteiger partial charge in [0, 0.05) is 7.05 Å². The largest absolute Gasteiger partial charge is 0.368 e. The van der Waals surface area contributed by atoms with Gasteiger partial charge >= 0.3 is 0 Å². The number of anilines is 1. The molecule has 0 aliphatic rings. The Balaban J connectivity index is 1.94. The summed E-state index contributed by atoms with van der Waals surface area (Å²) in [6, 6.07) is 6.00. The molecule has 0 saturated carbocycles. The van der Waals surface area contributed by atoms with Crippen molar-refractivity contribution in [3.05, 3.63) is 42.0 Å². The van der Waals surface area contributed by atoms with E-state index in [0.717, 1.165) is 22.3 Å². The van der Waals surface area contributed by atoms with E-state index in [1.165, 1.54) is 0 Å². The molecule has 0 atom stereocenters.